The van der Waals surface area contributed by atoms with E-state index in [-0.39, 0.29) is 41.6 Å². The third-order valence-corrected chi connectivity index (χ3v) is 8.65. The van der Waals surface area contributed by atoms with E-state index in [2.05, 4.69) is 5.10 Å². The number of piperidine rings is 1. The van der Waals surface area contributed by atoms with Gasteiger partial charge in [0.05, 0.1) is 32.2 Å². The number of carbonyl (C=O) groups is 3. The lowest BCUT2D eigenvalue weighted by atomic mass is 9.68. The van der Waals surface area contributed by atoms with Crippen LogP contribution in [0.1, 0.15) is 82.2 Å². The first-order chi connectivity index (χ1) is 18.1. The Balaban J connectivity index is 1.35. The van der Waals surface area contributed by atoms with Crippen molar-refractivity contribution in [2.45, 2.75) is 71.3 Å². The second-order valence-corrected chi connectivity index (χ2v) is 12.0. The average molecular weight is 525 g/mol. The minimum Gasteiger partial charge on any atom is -0.466 e. The lowest BCUT2D eigenvalue weighted by Crippen LogP contribution is -2.48. The highest BCUT2D eigenvalue weighted by Crippen LogP contribution is 2.71. The van der Waals surface area contributed by atoms with Gasteiger partial charge in [-0.1, -0.05) is 6.08 Å². The molecule has 1 amide bonds. The van der Waals surface area contributed by atoms with E-state index >= 15 is 0 Å². The molecule has 0 radical (unpaired) electrons. The van der Waals surface area contributed by atoms with Crippen LogP contribution in [0.5, 0.6) is 0 Å². The third kappa shape index (κ3) is 4.08. The Bertz CT molecular complexity index is 1250. The van der Waals surface area contributed by atoms with Gasteiger partial charge in [-0.15, -0.1) is 5.10 Å². The van der Waals surface area contributed by atoms with Crippen LogP contribution in [-0.4, -0.2) is 76.1 Å². The van der Waals surface area contributed by atoms with E-state index < -0.39 is 5.60 Å². The van der Waals surface area contributed by atoms with Crippen LogP contribution in [0.15, 0.2) is 17.2 Å². The quantitative estimate of drug-likeness (QED) is 0.548. The molecule has 0 aromatic carbocycles. The van der Waals surface area contributed by atoms with Crippen molar-refractivity contribution in [1.82, 2.24) is 19.7 Å². The Kier molecular flexibility index (Phi) is 6.01. The van der Waals surface area contributed by atoms with E-state index in [9.17, 15) is 14.4 Å². The lowest BCUT2D eigenvalue weighted by Gasteiger charge is -2.43. The zero-order valence-electron chi connectivity index (χ0n) is 22.6. The fraction of sp³-hybridized carbons (Fsp3) is 0.679. The van der Waals surface area contributed by atoms with Crippen LogP contribution in [0.2, 0.25) is 0 Å². The Hall–Kier alpha value is -3.01. The van der Waals surface area contributed by atoms with Crippen molar-refractivity contribution in [3.63, 3.8) is 0 Å². The maximum atomic E-state index is 14.1. The summed E-state index contributed by atoms with van der Waals surface area (Å²) in [6, 6.07) is 0. The molecular formula is C28H36N4O6. The number of ether oxygens (including phenoxy) is 3. The van der Waals surface area contributed by atoms with Crippen LogP contribution >= 0.6 is 0 Å². The molecule has 1 saturated heterocycles. The molecule has 3 unspecified atom stereocenters. The van der Waals surface area contributed by atoms with Gasteiger partial charge in [0.25, 0.3) is 5.91 Å². The molecular weight excluding hydrogens is 488 g/mol. The predicted octanol–water partition coefficient (Wildman–Crippen LogP) is 3.74. The maximum Gasteiger partial charge on any atom is 0.410 e. The topological polar surface area (TPSA) is 113 Å². The Labute approximate surface area is 222 Å². The zero-order valence-corrected chi connectivity index (χ0v) is 22.6. The van der Waals surface area contributed by atoms with Gasteiger partial charge in [-0.25, -0.2) is 9.78 Å². The number of hydrogen-bond acceptors (Lipinski definition) is 8. The summed E-state index contributed by atoms with van der Waals surface area (Å²) < 4.78 is 17.8. The number of carbonyl (C=O) groups excluding carboxylic acids is 3. The van der Waals surface area contributed by atoms with Crippen molar-refractivity contribution >= 4 is 23.5 Å². The van der Waals surface area contributed by atoms with E-state index in [4.69, 9.17) is 19.2 Å². The van der Waals surface area contributed by atoms with Crippen LogP contribution in [0, 0.1) is 17.3 Å². The van der Waals surface area contributed by atoms with Gasteiger partial charge < -0.3 is 19.1 Å². The standard InChI is InChI=1S/C28H36N4O6/c1-5-37-20(33)15-18-21-17-14-19(17)28(8-10-31(11-9-28)26(35)38-27(2,3)4)22(21)25(34)32-24(18)29-23(30-32)16-6-12-36-13-7-16/h6,17-19H,5,7-15H2,1-4H3. The number of aromatic nitrogens is 3. The van der Waals surface area contributed by atoms with Crippen LogP contribution in [0.3, 0.4) is 0 Å². The molecule has 0 N–H and O–H groups in total. The Morgan fingerprint density at radius 1 is 1.24 bits per heavy atom. The number of rotatable bonds is 4. The SMILES string of the molecule is CCOC(=O)CC1C2=C(C(=O)n3nc(C4=CCOCC4)nc31)C1(CCN(C(=O)OC(C)(C)C)CC1)C1CC21. The monoisotopic (exact) mass is 524 g/mol. The summed E-state index contributed by atoms with van der Waals surface area (Å²) in [7, 11) is 0. The first-order valence-corrected chi connectivity index (χ1v) is 13.8. The normalized spacial score (nSPS) is 27.5. The molecule has 1 aromatic heterocycles. The first-order valence-electron chi connectivity index (χ1n) is 13.8. The molecule has 10 heteroatoms. The van der Waals surface area contributed by atoms with Gasteiger partial charge in [0, 0.05) is 24.1 Å². The molecule has 3 aliphatic heterocycles. The van der Waals surface area contributed by atoms with Gasteiger partial charge in [0.2, 0.25) is 0 Å². The van der Waals surface area contributed by atoms with E-state index in [1.807, 2.05) is 26.8 Å². The molecule has 3 atom stereocenters. The number of fused-ring (bicyclic) bond motifs is 5. The summed E-state index contributed by atoms with van der Waals surface area (Å²) in [5.41, 5.74) is 1.96. The molecule has 0 bridgehead atoms. The number of likely N-dealkylation sites (tertiary alicyclic amines) is 1. The van der Waals surface area contributed by atoms with Crippen LogP contribution in [0.4, 0.5) is 4.79 Å². The first kappa shape index (κ1) is 25.3. The number of hydrogen-bond donors (Lipinski definition) is 0. The average Bonchev–Trinajstić information content (AvgIpc) is 3.47. The highest BCUT2D eigenvalue weighted by atomic mass is 16.6. The maximum absolute atomic E-state index is 14.1. The van der Waals surface area contributed by atoms with Crippen molar-refractivity contribution in [2.24, 2.45) is 17.3 Å². The summed E-state index contributed by atoms with van der Waals surface area (Å²) in [6.45, 7) is 9.85. The van der Waals surface area contributed by atoms with E-state index in [0.29, 0.717) is 69.7 Å². The molecule has 5 aliphatic rings. The zero-order chi connectivity index (χ0) is 26.8. The van der Waals surface area contributed by atoms with Crippen molar-refractivity contribution in [1.29, 1.82) is 0 Å². The molecule has 6 rings (SSSR count). The van der Waals surface area contributed by atoms with Crippen LogP contribution < -0.4 is 0 Å². The summed E-state index contributed by atoms with van der Waals surface area (Å²) in [5, 5.41) is 4.68. The Morgan fingerprint density at radius 2 is 2.00 bits per heavy atom. The second kappa shape index (κ2) is 9.03. The highest BCUT2D eigenvalue weighted by Gasteiger charge is 2.67. The van der Waals surface area contributed by atoms with Gasteiger partial charge >= 0.3 is 12.1 Å². The van der Waals surface area contributed by atoms with Crippen molar-refractivity contribution in [3.8, 4) is 0 Å². The summed E-state index contributed by atoms with van der Waals surface area (Å²) in [6.07, 6.45) is 4.87. The fourth-order valence-electron chi connectivity index (χ4n) is 7.01. The predicted molar refractivity (Wildman–Crippen MR) is 136 cm³/mol. The van der Waals surface area contributed by atoms with Crippen molar-refractivity contribution in [2.75, 3.05) is 32.9 Å². The van der Waals surface area contributed by atoms with Gasteiger partial charge in [0.15, 0.2) is 5.82 Å². The molecule has 1 spiro atoms. The minimum atomic E-state index is -0.558. The number of allylic oxidation sites excluding steroid dienone is 2. The minimum absolute atomic E-state index is 0.126. The largest absolute Gasteiger partial charge is 0.466 e. The molecule has 38 heavy (non-hydrogen) atoms. The second-order valence-electron chi connectivity index (χ2n) is 12.0. The molecule has 1 aromatic rings. The van der Waals surface area contributed by atoms with Gasteiger partial charge in [-0.2, -0.15) is 4.68 Å². The third-order valence-electron chi connectivity index (χ3n) is 8.65. The van der Waals surface area contributed by atoms with E-state index in [0.717, 1.165) is 23.1 Å². The van der Waals surface area contributed by atoms with Crippen molar-refractivity contribution < 1.29 is 28.6 Å². The smallest absolute Gasteiger partial charge is 0.410 e. The molecule has 10 nitrogen and oxygen atoms in total. The lowest BCUT2D eigenvalue weighted by molar-refractivity contribution is -0.143. The van der Waals surface area contributed by atoms with Crippen LogP contribution in [0.25, 0.3) is 5.57 Å². The number of nitrogens with zero attached hydrogens (tertiary/aromatic N) is 4. The summed E-state index contributed by atoms with van der Waals surface area (Å²) >= 11 is 0. The van der Waals surface area contributed by atoms with Crippen LogP contribution in [-0.2, 0) is 19.0 Å². The van der Waals surface area contributed by atoms with Gasteiger partial charge in [-0.05, 0) is 76.4 Å². The molecule has 2 fully saturated rings. The fourth-order valence-corrected chi connectivity index (χ4v) is 7.01. The summed E-state index contributed by atoms with van der Waals surface area (Å²) in [5.74, 6) is 0.937. The Morgan fingerprint density at radius 3 is 2.66 bits per heavy atom. The number of amides is 1. The van der Waals surface area contributed by atoms with E-state index in [1.165, 1.54) is 4.68 Å². The van der Waals surface area contributed by atoms with Crippen molar-refractivity contribution in [3.05, 3.63) is 28.9 Å². The summed E-state index contributed by atoms with van der Waals surface area (Å²) in [4.78, 5) is 46.2. The number of esters is 1. The van der Waals surface area contributed by atoms with Gasteiger partial charge in [-0.3, -0.25) is 9.59 Å². The molecule has 4 heterocycles. The van der Waals surface area contributed by atoms with Gasteiger partial charge in [0.1, 0.15) is 11.4 Å². The highest BCUT2D eigenvalue weighted by molar-refractivity contribution is 6.00. The molecule has 2 aliphatic carbocycles. The van der Waals surface area contributed by atoms with E-state index in [1.54, 1.807) is 11.8 Å². The molecule has 204 valence electrons. The molecule has 1 saturated carbocycles.